The Balaban J connectivity index is 1.59. The van der Waals surface area contributed by atoms with E-state index >= 15 is 0 Å². The van der Waals surface area contributed by atoms with Crippen LogP contribution in [0.15, 0.2) is 24.3 Å². The van der Waals surface area contributed by atoms with Crippen LogP contribution in [0.2, 0.25) is 0 Å². The maximum Gasteiger partial charge on any atom is 0.265 e. The molecule has 1 heterocycles. The van der Waals surface area contributed by atoms with Crippen LogP contribution in [0.5, 0.6) is 5.75 Å². The van der Waals surface area contributed by atoms with E-state index in [2.05, 4.69) is 5.32 Å². The number of benzene rings is 1. The van der Waals surface area contributed by atoms with Gasteiger partial charge in [-0.3, -0.25) is 9.59 Å². The van der Waals surface area contributed by atoms with Gasteiger partial charge in [0.1, 0.15) is 5.75 Å². The van der Waals surface area contributed by atoms with Crippen LogP contribution in [0.4, 0.5) is 5.69 Å². The smallest absolute Gasteiger partial charge is 0.265 e. The van der Waals surface area contributed by atoms with E-state index in [0.717, 1.165) is 5.69 Å². The van der Waals surface area contributed by atoms with E-state index < -0.39 is 0 Å². The van der Waals surface area contributed by atoms with E-state index in [1.165, 1.54) is 12.8 Å². The maximum absolute atomic E-state index is 12.0. The van der Waals surface area contributed by atoms with Crippen molar-refractivity contribution in [3.63, 3.8) is 0 Å². The van der Waals surface area contributed by atoms with E-state index in [9.17, 15) is 9.59 Å². The zero-order chi connectivity index (χ0) is 14.8. The monoisotopic (exact) mass is 288 g/mol. The van der Waals surface area contributed by atoms with E-state index in [1.54, 1.807) is 4.90 Å². The SMILES string of the molecule is CC(NC(=O)CCN1C(=O)COc2ccccc21)C1CC1. The van der Waals surface area contributed by atoms with Crippen molar-refractivity contribution >= 4 is 17.5 Å². The largest absolute Gasteiger partial charge is 0.482 e. The average Bonchev–Trinajstić information content (AvgIpc) is 3.31. The van der Waals surface area contributed by atoms with E-state index in [1.807, 2.05) is 31.2 Å². The Hall–Kier alpha value is -2.04. The minimum atomic E-state index is -0.100. The molecule has 5 heteroatoms. The van der Waals surface area contributed by atoms with Crippen molar-refractivity contribution in [3.8, 4) is 5.75 Å². The number of fused-ring (bicyclic) bond motifs is 1. The fourth-order valence-corrected chi connectivity index (χ4v) is 2.65. The second kappa shape index (κ2) is 5.76. The highest BCUT2D eigenvalue weighted by Gasteiger charge is 2.29. The first-order valence-corrected chi connectivity index (χ1v) is 7.46. The molecule has 112 valence electrons. The predicted octanol–water partition coefficient (Wildman–Crippen LogP) is 1.72. The molecule has 0 spiro atoms. The molecule has 5 nitrogen and oxygen atoms in total. The number of anilines is 1. The summed E-state index contributed by atoms with van der Waals surface area (Å²) in [6.07, 6.45) is 2.73. The van der Waals surface area contributed by atoms with Gasteiger partial charge in [0.25, 0.3) is 5.91 Å². The van der Waals surface area contributed by atoms with Crippen molar-refractivity contribution < 1.29 is 14.3 Å². The van der Waals surface area contributed by atoms with Crippen LogP contribution < -0.4 is 15.0 Å². The average molecular weight is 288 g/mol. The van der Waals surface area contributed by atoms with Crippen molar-refractivity contribution in [1.82, 2.24) is 5.32 Å². The lowest BCUT2D eigenvalue weighted by Gasteiger charge is -2.29. The summed E-state index contributed by atoms with van der Waals surface area (Å²) >= 11 is 0. The molecule has 1 saturated carbocycles. The molecule has 3 rings (SSSR count). The molecule has 0 bridgehead atoms. The lowest BCUT2D eigenvalue weighted by atomic mass is 10.2. The molecule has 1 N–H and O–H groups in total. The quantitative estimate of drug-likeness (QED) is 0.897. The Morgan fingerprint density at radius 2 is 2.19 bits per heavy atom. The number of hydrogen-bond acceptors (Lipinski definition) is 3. The van der Waals surface area contributed by atoms with E-state index in [4.69, 9.17) is 4.74 Å². The van der Waals surface area contributed by atoms with Crippen LogP contribution in [0.1, 0.15) is 26.2 Å². The minimum absolute atomic E-state index is 0.00572. The molecule has 0 aromatic heterocycles. The predicted molar refractivity (Wildman–Crippen MR) is 79.2 cm³/mol. The minimum Gasteiger partial charge on any atom is -0.482 e. The van der Waals surface area contributed by atoms with Gasteiger partial charge in [-0.05, 0) is 37.8 Å². The molecule has 1 fully saturated rings. The number of para-hydroxylation sites is 2. The highest BCUT2D eigenvalue weighted by molar-refractivity contribution is 5.98. The fourth-order valence-electron chi connectivity index (χ4n) is 2.65. The lowest BCUT2D eigenvalue weighted by molar-refractivity contribution is -0.122. The summed E-state index contributed by atoms with van der Waals surface area (Å²) in [5.41, 5.74) is 0.747. The summed E-state index contributed by atoms with van der Waals surface area (Å²) in [5.74, 6) is 1.24. The number of ether oxygens (including phenoxy) is 1. The van der Waals surface area contributed by atoms with Gasteiger partial charge in [-0.15, -0.1) is 0 Å². The Morgan fingerprint density at radius 3 is 2.95 bits per heavy atom. The zero-order valence-electron chi connectivity index (χ0n) is 12.2. The van der Waals surface area contributed by atoms with Gasteiger partial charge in [-0.2, -0.15) is 0 Å². The number of hydrogen-bond donors (Lipinski definition) is 1. The molecule has 1 aliphatic carbocycles. The summed E-state index contributed by atoms with van der Waals surface area (Å²) in [5, 5.41) is 3.01. The third kappa shape index (κ3) is 3.17. The zero-order valence-corrected chi connectivity index (χ0v) is 12.2. The molecular weight excluding hydrogens is 268 g/mol. The summed E-state index contributed by atoms with van der Waals surface area (Å²) in [4.78, 5) is 25.6. The van der Waals surface area contributed by atoms with Gasteiger partial charge in [-0.1, -0.05) is 12.1 Å². The Bertz CT molecular complexity index is 554. The highest BCUT2D eigenvalue weighted by Crippen LogP contribution is 2.33. The van der Waals surface area contributed by atoms with Crippen LogP contribution in [-0.4, -0.2) is 31.0 Å². The van der Waals surface area contributed by atoms with Crippen LogP contribution in [-0.2, 0) is 9.59 Å². The van der Waals surface area contributed by atoms with Gasteiger partial charge in [0, 0.05) is 19.0 Å². The van der Waals surface area contributed by atoms with Crippen molar-refractivity contribution in [3.05, 3.63) is 24.3 Å². The molecule has 1 aliphatic heterocycles. The molecule has 1 atom stereocenters. The number of nitrogens with zero attached hydrogens (tertiary/aromatic N) is 1. The molecule has 1 unspecified atom stereocenters. The molecule has 2 amide bonds. The maximum atomic E-state index is 12.0. The molecular formula is C16H20N2O3. The van der Waals surface area contributed by atoms with Crippen molar-refractivity contribution in [2.75, 3.05) is 18.1 Å². The summed E-state index contributed by atoms with van der Waals surface area (Å²) in [6, 6.07) is 7.66. The number of carbonyl (C=O) groups is 2. The summed E-state index contributed by atoms with van der Waals surface area (Å²) in [6.45, 7) is 2.48. The first-order chi connectivity index (χ1) is 10.1. The highest BCUT2D eigenvalue weighted by atomic mass is 16.5. The van der Waals surface area contributed by atoms with Gasteiger partial charge < -0.3 is 15.0 Å². The normalized spacial score (nSPS) is 18.7. The Labute approximate surface area is 124 Å². The van der Waals surface area contributed by atoms with Crippen LogP contribution >= 0.6 is 0 Å². The fraction of sp³-hybridized carbons (Fsp3) is 0.500. The van der Waals surface area contributed by atoms with Crippen molar-refractivity contribution in [1.29, 1.82) is 0 Å². The second-order valence-corrected chi connectivity index (χ2v) is 5.75. The molecule has 2 aliphatic rings. The van der Waals surface area contributed by atoms with Crippen LogP contribution in [0.25, 0.3) is 0 Å². The molecule has 0 saturated heterocycles. The summed E-state index contributed by atoms with van der Waals surface area (Å²) < 4.78 is 5.39. The molecule has 21 heavy (non-hydrogen) atoms. The number of amides is 2. The van der Waals surface area contributed by atoms with Crippen LogP contribution in [0.3, 0.4) is 0 Å². The van der Waals surface area contributed by atoms with Crippen LogP contribution in [0, 0.1) is 5.92 Å². The van der Waals surface area contributed by atoms with Crippen molar-refractivity contribution in [2.24, 2.45) is 5.92 Å². The van der Waals surface area contributed by atoms with Gasteiger partial charge in [0.15, 0.2) is 6.61 Å². The third-order valence-electron chi connectivity index (χ3n) is 4.09. The summed E-state index contributed by atoms with van der Waals surface area (Å²) in [7, 11) is 0. The Kier molecular flexibility index (Phi) is 3.82. The van der Waals surface area contributed by atoms with Crippen molar-refractivity contribution in [2.45, 2.75) is 32.2 Å². The molecule has 0 radical (unpaired) electrons. The lowest BCUT2D eigenvalue weighted by Crippen LogP contribution is -2.42. The third-order valence-corrected chi connectivity index (χ3v) is 4.09. The number of carbonyl (C=O) groups excluding carboxylic acids is 2. The second-order valence-electron chi connectivity index (χ2n) is 5.75. The first-order valence-electron chi connectivity index (χ1n) is 7.46. The van der Waals surface area contributed by atoms with Gasteiger partial charge in [-0.25, -0.2) is 0 Å². The topological polar surface area (TPSA) is 58.6 Å². The first kappa shape index (κ1) is 13.9. The Morgan fingerprint density at radius 1 is 1.43 bits per heavy atom. The molecule has 1 aromatic carbocycles. The van der Waals surface area contributed by atoms with E-state index in [-0.39, 0.29) is 24.5 Å². The van der Waals surface area contributed by atoms with Gasteiger partial charge in [0.05, 0.1) is 5.69 Å². The standard InChI is InChI=1S/C16H20N2O3/c1-11(12-6-7-12)17-15(19)8-9-18-13-4-2-3-5-14(13)21-10-16(18)20/h2-5,11-12H,6-10H2,1H3,(H,17,19). The van der Waals surface area contributed by atoms with Gasteiger partial charge in [0.2, 0.25) is 5.91 Å². The molecule has 1 aromatic rings. The number of nitrogens with one attached hydrogen (secondary N) is 1. The number of rotatable bonds is 5. The van der Waals surface area contributed by atoms with E-state index in [0.29, 0.717) is 24.6 Å². The van der Waals surface area contributed by atoms with Gasteiger partial charge >= 0.3 is 0 Å².